The number of hydrogen-bond donors (Lipinski definition) is 0. The number of methoxy groups -OCH3 is 3. The first kappa shape index (κ1) is 23.4. The normalized spacial score (nSPS) is 11.6. The van der Waals surface area contributed by atoms with Crippen molar-refractivity contribution in [2.75, 3.05) is 21.3 Å². The van der Waals surface area contributed by atoms with Gasteiger partial charge in [-0.15, -0.1) is 0 Å². The summed E-state index contributed by atoms with van der Waals surface area (Å²) in [5, 5.41) is 1.97. The van der Waals surface area contributed by atoms with Crippen LogP contribution in [-0.2, 0) is 4.74 Å². The van der Waals surface area contributed by atoms with Crippen molar-refractivity contribution in [3.8, 4) is 17.2 Å². The number of carbonyl (C=O) groups excluding carboxylic acids is 1. The quantitative estimate of drug-likeness (QED) is 0.394. The second-order valence-electron chi connectivity index (χ2n) is 8.47. The Hall–Kier alpha value is -3.25. The highest BCUT2D eigenvalue weighted by Gasteiger charge is 2.52. The molecule has 3 aromatic rings. The smallest absolute Gasteiger partial charge is 0.338 e. The Kier molecular flexibility index (Phi) is 6.94. The van der Waals surface area contributed by atoms with Gasteiger partial charge in [0.2, 0.25) is 5.75 Å². The molecule has 0 saturated carbocycles. The topological polar surface area (TPSA) is 54.0 Å². The molecule has 0 aliphatic carbocycles. The lowest BCUT2D eigenvalue weighted by molar-refractivity contribution is 0.0600. The lowest BCUT2D eigenvalue weighted by Gasteiger charge is -2.43. The average Bonchev–Trinajstić information content (AvgIpc) is 2.81. The molecule has 0 aliphatic rings. The van der Waals surface area contributed by atoms with E-state index in [0.29, 0.717) is 22.8 Å². The number of benzene rings is 3. The summed E-state index contributed by atoms with van der Waals surface area (Å²) in [6.07, 6.45) is 0. The standard InChI is InChI=1S/C26H30O5Si/c1-26(2,3)32(20-13-9-7-10-14-20,21-15-11-8-12-16-21)31-23-18-19(25(27)30-6)17-22(28-4)24(23)29-5/h7-18H,1-6H3. The molecule has 6 heteroatoms. The molecule has 0 fully saturated rings. The fourth-order valence-corrected chi connectivity index (χ4v) is 8.47. The van der Waals surface area contributed by atoms with Crippen LogP contribution in [0.15, 0.2) is 72.8 Å². The van der Waals surface area contributed by atoms with Crippen molar-refractivity contribution in [1.82, 2.24) is 0 Å². The molecule has 0 radical (unpaired) electrons. The lowest BCUT2D eigenvalue weighted by atomic mass is 10.2. The largest absolute Gasteiger partial charge is 0.531 e. The molecule has 0 unspecified atom stereocenters. The molecule has 168 valence electrons. The average molecular weight is 451 g/mol. The molecule has 32 heavy (non-hydrogen) atoms. The zero-order valence-corrected chi connectivity index (χ0v) is 20.5. The van der Waals surface area contributed by atoms with Gasteiger partial charge in [0.1, 0.15) is 0 Å². The van der Waals surface area contributed by atoms with Crippen molar-refractivity contribution in [2.45, 2.75) is 25.8 Å². The Balaban J connectivity index is 2.35. The van der Waals surface area contributed by atoms with Crippen molar-refractivity contribution in [1.29, 1.82) is 0 Å². The highest BCUT2D eigenvalue weighted by molar-refractivity contribution is 7.00. The number of carbonyl (C=O) groups is 1. The first-order valence-electron chi connectivity index (χ1n) is 10.4. The molecule has 3 aromatic carbocycles. The van der Waals surface area contributed by atoms with Gasteiger partial charge >= 0.3 is 14.3 Å². The van der Waals surface area contributed by atoms with Crippen LogP contribution in [0, 0.1) is 0 Å². The van der Waals surface area contributed by atoms with Gasteiger partial charge in [0.05, 0.1) is 26.9 Å². The van der Waals surface area contributed by atoms with E-state index in [1.165, 1.54) is 14.2 Å². The van der Waals surface area contributed by atoms with Gasteiger partial charge in [-0.3, -0.25) is 0 Å². The second kappa shape index (κ2) is 9.49. The first-order chi connectivity index (χ1) is 15.3. The van der Waals surface area contributed by atoms with E-state index in [9.17, 15) is 4.79 Å². The molecule has 0 bridgehead atoms. The monoisotopic (exact) mass is 450 g/mol. The second-order valence-corrected chi connectivity index (χ2v) is 12.7. The Morgan fingerprint density at radius 2 is 1.25 bits per heavy atom. The Morgan fingerprint density at radius 3 is 1.66 bits per heavy atom. The molecule has 0 atom stereocenters. The van der Waals surface area contributed by atoms with E-state index >= 15 is 0 Å². The van der Waals surface area contributed by atoms with E-state index in [0.717, 1.165) is 10.4 Å². The molecule has 0 aromatic heterocycles. The van der Waals surface area contributed by atoms with Crippen LogP contribution in [0.4, 0.5) is 0 Å². The number of rotatable bonds is 7. The third-order valence-electron chi connectivity index (χ3n) is 5.55. The van der Waals surface area contributed by atoms with Gasteiger partial charge in [-0.2, -0.15) is 0 Å². The van der Waals surface area contributed by atoms with Gasteiger partial charge in [-0.25, -0.2) is 4.79 Å². The van der Waals surface area contributed by atoms with Crippen molar-refractivity contribution < 1.29 is 23.4 Å². The maximum Gasteiger partial charge on any atom is 0.338 e. The molecular weight excluding hydrogens is 420 g/mol. The van der Waals surface area contributed by atoms with Crippen molar-refractivity contribution in [3.63, 3.8) is 0 Å². The summed E-state index contributed by atoms with van der Waals surface area (Å²) in [6.45, 7) is 6.56. The molecule has 3 rings (SSSR count). The Bertz CT molecular complexity index is 1020. The van der Waals surface area contributed by atoms with Crippen LogP contribution < -0.4 is 24.3 Å². The minimum atomic E-state index is -2.93. The molecule has 0 aliphatic heterocycles. The summed E-state index contributed by atoms with van der Waals surface area (Å²) in [4.78, 5) is 12.4. The molecule has 0 N–H and O–H groups in total. The SMILES string of the molecule is COC(=O)c1cc(OC)c(OC)c(O[Si](c2ccccc2)(c2ccccc2)C(C)(C)C)c1. The zero-order chi connectivity index (χ0) is 23.4. The summed E-state index contributed by atoms with van der Waals surface area (Å²) >= 11 is 0. The van der Waals surface area contributed by atoms with E-state index in [1.54, 1.807) is 19.2 Å². The van der Waals surface area contributed by atoms with Gasteiger partial charge in [0.25, 0.3) is 0 Å². The number of hydrogen-bond acceptors (Lipinski definition) is 5. The number of ether oxygens (including phenoxy) is 3. The third-order valence-corrected chi connectivity index (χ3v) is 10.5. The van der Waals surface area contributed by atoms with Crippen molar-refractivity contribution in [2.24, 2.45) is 0 Å². The van der Waals surface area contributed by atoms with E-state index < -0.39 is 14.3 Å². The van der Waals surface area contributed by atoms with Crippen molar-refractivity contribution >= 4 is 24.7 Å². The van der Waals surface area contributed by atoms with Crippen LogP contribution in [0.1, 0.15) is 31.1 Å². The van der Waals surface area contributed by atoms with Crippen LogP contribution in [0.3, 0.4) is 0 Å². The molecule has 0 saturated heterocycles. The molecule has 0 heterocycles. The summed E-state index contributed by atoms with van der Waals surface area (Å²) < 4.78 is 23.2. The molecule has 5 nitrogen and oxygen atoms in total. The first-order valence-corrected chi connectivity index (χ1v) is 12.3. The Morgan fingerprint density at radius 1 is 0.750 bits per heavy atom. The maximum absolute atomic E-state index is 12.4. The Labute approximate surface area is 191 Å². The van der Waals surface area contributed by atoms with E-state index in [4.69, 9.17) is 18.6 Å². The van der Waals surface area contributed by atoms with Crippen molar-refractivity contribution in [3.05, 3.63) is 78.4 Å². The fourth-order valence-electron chi connectivity index (χ4n) is 4.06. The van der Waals surface area contributed by atoms with Crippen LogP contribution in [0.5, 0.6) is 17.2 Å². The predicted octanol–water partition coefficient (Wildman–Crippen LogP) is 4.43. The minimum absolute atomic E-state index is 0.255. The highest BCUT2D eigenvalue weighted by Crippen LogP contribution is 2.44. The lowest BCUT2D eigenvalue weighted by Crippen LogP contribution is -2.68. The van der Waals surface area contributed by atoms with E-state index in [2.05, 4.69) is 45.0 Å². The number of esters is 1. The summed E-state index contributed by atoms with van der Waals surface area (Å²) in [5.41, 5.74) is 0.332. The molecule has 0 spiro atoms. The molecule has 0 amide bonds. The van der Waals surface area contributed by atoms with Crippen LogP contribution >= 0.6 is 0 Å². The van der Waals surface area contributed by atoms with E-state index in [1.807, 2.05) is 36.4 Å². The predicted molar refractivity (Wildman–Crippen MR) is 129 cm³/mol. The van der Waals surface area contributed by atoms with Gasteiger partial charge in [0, 0.05) is 0 Å². The third kappa shape index (κ3) is 4.23. The van der Waals surface area contributed by atoms with Crippen LogP contribution in [-0.4, -0.2) is 35.6 Å². The summed E-state index contributed by atoms with van der Waals surface area (Å²) in [6, 6.07) is 23.8. The minimum Gasteiger partial charge on any atom is -0.531 e. The molecular formula is C26H30O5Si. The highest BCUT2D eigenvalue weighted by atomic mass is 28.4. The van der Waals surface area contributed by atoms with Crippen LogP contribution in [0.25, 0.3) is 0 Å². The zero-order valence-electron chi connectivity index (χ0n) is 19.5. The van der Waals surface area contributed by atoms with E-state index in [-0.39, 0.29) is 5.04 Å². The summed E-state index contributed by atoms with van der Waals surface area (Å²) in [5.74, 6) is 0.816. The van der Waals surface area contributed by atoms with Gasteiger partial charge in [0.15, 0.2) is 11.5 Å². The fraction of sp³-hybridized carbons (Fsp3) is 0.269. The van der Waals surface area contributed by atoms with Gasteiger partial charge < -0.3 is 18.6 Å². The summed E-state index contributed by atoms with van der Waals surface area (Å²) in [7, 11) is 1.52. The van der Waals surface area contributed by atoms with Crippen LogP contribution in [0.2, 0.25) is 5.04 Å². The van der Waals surface area contributed by atoms with Gasteiger partial charge in [-0.05, 0) is 27.5 Å². The maximum atomic E-state index is 12.4. The van der Waals surface area contributed by atoms with Gasteiger partial charge in [-0.1, -0.05) is 81.4 Å².